The number of aromatic nitrogens is 1. The Labute approximate surface area is 114 Å². The van der Waals surface area contributed by atoms with Crippen LogP contribution in [0.1, 0.15) is 29.5 Å². The van der Waals surface area contributed by atoms with Crippen molar-refractivity contribution in [2.24, 2.45) is 5.92 Å². The molecular weight excluding hydrogens is 236 g/mol. The molecule has 2 heterocycles. The van der Waals surface area contributed by atoms with Gasteiger partial charge in [-0.05, 0) is 38.3 Å². The summed E-state index contributed by atoms with van der Waals surface area (Å²) in [5.74, 6) is 1.71. The van der Waals surface area contributed by atoms with Crippen molar-refractivity contribution in [3.63, 3.8) is 0 Å². The monoisotopic (exact) mass is 256 g/mol. The van der Waals surface area contributed by atoms with Gasteiger partial charge in [-0.2, -0.15) is 0 Å². The first-order chi connectivity index (χ1) is 9.22. The Hall–Kier alpha value is -1.61. The molecule has 3 heteroatoms. The van der Waals surface area contributed by atoms with Crippen LogP contribution in [-0.2, 0) is 6.42 Å². The van der Waals surface area contributed by atoms with Gasteiger partial charge in [0.05, 0.1) is 11.7 Å². The third-order valence-electron chi connectivity index (χ3n) is 3.98. The Kier molecular flexibility index (Phi) is 3.38. The fourth-order valence-corrected chi connectivity index (χ4v) is 3.07. The van der Waals surface area contributed by atoms with Crippen LogP contribution in [0.5, 0.6) is 0 Å². The maximum absolute atomic E-state index is 5.43. The molecule has 2 atom stereocenters. The quantitative estimate of drug-likeness (QED) is 0.844. The summed E-state index contributed by atoms with van der Waals surface area (Å²) in [6.45, 7) is 3.10. The summed E-state index contributed by atoms with van der Waals surface area (Å²) in [6, 6.07) is 13.2. The van der Waals surface area contributed by atoms with Crippen molar-refractivity contribution in [1.82, 2.24) is 10.1 Å². The van der Waals surface area contributed by atoms with E-state index in [4.69, 9.17) is 4.52 Å². The van der Waals surface area contributed by atoms with Crippen LogP contribution in [0.4, 0.5) is 0 Å². The predicted octanol–water partition coefficient (Wildman–Crippen LogP) is 3.22. The van der Waals surface area contributed by atoms with E-state index in [0.29, 0.717) is 12.0 Å². The zero-order chi connectivity index (χ0) is 13.2. The Morgan fingerprint density at radius 2 is 2.11 bits per heavy atom. The van der Waals surface area contributed by atoms with Gasteiger partial charge in [0, 0.05) is 12.6 Å². The molecule has 2 aromatic rings. The van der Waals surface area contributed by atoms with Crippen molar-refractivity contribution < 1.29 is 4.52 Å². The minimum Gasteiger partial charge on any atom is -0.359 e. The van der Waals surface area contributed by atoms with E-state index in [-0.39, 0.29) is 0 Å². The van der Waals surface area contributed by atoms with Crippen molar-refractivity contribution >= 4 is 0 Å². The summed E-state index contributed by atoms with van der Waals surface area (Å²) in [5.41, 5.74) is 2.39. The third-order valence-corrected chi connectivity index (χ3v) is 3.98. The van der Waals surface area contributed by atoms with Crippen LogP contribution in [0, 0.1) is 12.8 Å². The number of hydrogen-bond acceptors (Lipinski definition) is 3. The van der Waals surface area contributed by atoms with Gasteiger partial charge in [0.1, 0.15) is 0 Å². The summed E-state index contributed by atoms with van der Waals surface area (Å²) < 4.78 is 5.43. The Balaban J connectivity index is 1.68. The molecule has 1 saturated heterocycles. The van der Waals surface area contributed by atoms with Crippen LogP contribution in [0.15, 0.2) is 40.9 Å². The summed E-state index contributed by atoms with van der Waals surface area (Å²) in [4.78, 5) is 2.38. The van der Waals surface area contributed by atoms with Gasteiger partial charge in [-0.3, -0.25) is 4.90 Å². The van der Waals surface area contributed by atoms with Crippen molar-refractivity contribution in [1.29, 1.82) is 0 Å². The van der Waals surface area contributed by atoms with E-state index in [0.717, 1.165) is 30.8 Å². The lowest BCUT2D eigenvalue weighted by Gasteiger charge is -2.15. The highest BCUT2D eigenvalue weighted by Gasteiger charge is 2.32. The van der Waals surface area contributed by atoms with Gasteiger partial charge in [-0.1, -0.05) is 35.5 Å². The minimum absolute atomic E-state index is 0.384. The summed E-state index contributed by atoms with van der Waals surface area (Å²) in [7, 11) is 2.17. The number of likely N-dealkylation sites (tertiary alicyclic amines) is 1. The lowest BCUT2D eigenvalue weighted by atomic mass is 9.96. The van der Waals surface area contributed by atoms with Crippen LogP contribution in [-0.4, -0.2) is 23.6 Å². The summed E-state index contributed by atoms with van der Waals surface area (Å²) in [6.07, 6.45) is 2.30. The van der Waals surface area contributed by atoms with E-state index in [2.05, 4.69) is 53.5 Å². The van der Waals surface area contributed by atoms with Crippen molar-refractivity contribution in [2.45, 2.75) is 25.8 Å². The van der Waals surface area contributed by atoms with Gasteiger partial charge in [0.15, 0.2) is 5.76 Å². The maximum Gasteiger partial charge on any atom is 0.154 e. The molecule has 1 aromatic heterocycles. The summed E-state index contributed by atoms with van der Waals surface area (Å²) in [5, 5.41) is 4.00. The van der Waals surface area contributed by atoms with Crippen molar-refractivity contribution in [3.8, 4) is 0 Å². The topological polar surface area (TPSA) is 29.3 Å². The Morgan fingerprint density at radius 1 is 1.32 bits per heavy atom. The van der Waals surface area contributed by atoms with Gasteiger partial charge in [0.25, 0.3) is 0 Å². The molecular formula is C16H20N2O. The van der Waals surface area contributed by atoms with E-state index in [9.17, 15) is 0 Å². The van der Waals surface area contributed by atoms with E-state index >= 15 is 0 Å². The standard InChI is InChI=1S/C16H20N2O/c1-12-8-16(19-17-12)15-10-14(11-18(15)2)9-13-6-4-3-5-7-13/h3-8,14-15H,9-11H2,1-2H3/t14-,15-/m1/s1. The molecule has 1 fully saturated rings. The fraction of sp³-hybridized carbons (Fsp3) is 0.438. The molecule has 1 aromatic carbocycles. The van der Waals surface area contributed by atoms with Gasteiger partial charge in [-0.25, -0.2) is 0 Å². The molecule has 0 aliphatic carbocycles. The minimum atomic E-state index is 0.384. The molecule has 1 aliphatic heterocycles. The molecule has 100 valence electrons. The van der Waals surface area contributed by atoms with Crippen LogP contribution >= 0.6 is 0 Å². The molecule has 0 unspecified atom stereocenters. The summed E-state index contributed by atoms with van der Waals surface area (Å²) >= 11 is 0. The highest BCUT2D eigenvalue weighted by Crippen LogP contribution is 2.35. The van der Waals surface area contributed by atoms with Gasteiger partial charge < -0.3 is 4.52 Å². The fourth-order valence-electron chi connectivity index (χ4n) is 3.07. The molecule has 19 heavy (non-hydrogen) atoms. The first-order valence-electron chi connectivity index (χ1n) is 6.90. The average Bonchev–Trinajstić information content (AvgIpc) is 2.97. The van der Waals surface area contributed by atoms with Crippen LogP contribution in [0.2, 0.25) is 0 Å². The lowest BCUT2D eigenvalue weighted by molar-refractivity contribution is 0.250. The Morgan fingerprint density at radius 3 is 2.79 bits per heavy atom. The SMILES string of the molecule is Cc1cc([C@H]2C[C@@H](Cc3ccccc3)CN2C)on1. The average molecular weight is 256 g/mol. The predicted molar refractivity (Wildman–Crippen MR) is 74.9 cm³/mol. The number of benzene rings is 1. The van der Waals surface area contributed by atoms with Crippen LogP contribution in [0.25, 0.3) is 0 Å². The largest absolute Gasteiger partial charge is 0.359 e. The van der Waals surface area contributed by atoms with Gasteiger partial charge >= 0.3 is 0 Å². The second-order valence-electron chi connectivity index (χ2n) is 5.62. The molecule has 3 rings (SSSR count). The van der Waals surface area contributed by atoms with Gasteiger partial charge in [0.2, 0.25) is 0 Å². The zero-order valence-electron chi connectivity index (χ0n) is 11.5. The second kappa shape index (κ2) is 5.17. The van der Waals surface area contributed by atoms with Crippen LogP contribution in [0.3, 0.4) is 0 Å². The smallest absolute Gasteiger partial charge is 0.154 e. The number of nitrogens with zero attached hydrogens (tertiary/aromatic N) is 2. The number of rotatable bonds is 3. The van der Waals surface area contributed by atoms with E-state index in [1.165, 1.54) is 5.56 Å². The molecule has 3 nitrogen and oxygen atoms in total. The molecule has 0 radical (unpaired) electrons. The van der Waals surface area contributed by atoms with Gasteiger partial charge in [-0.15, -0.1) is 0 Å². The van der Waals surface area contributed by atoms with Crippen molar-refractivity contribution in [3.05, 3.63) is 53.4 Å². The number of aryl methyl sites for hydroxylation is 1. The third kappa shape index (κ3) is 2.71. The van der Waals surface area contributed by atoms with E-state index < -0.39 is 0 Å². The Bertz CT molecular complexity index is 535. The zero-order valence-corrected chi connectivity index (χ0v) is 11.5. The van der Waals surface area contributed by atoms with E-state index in [1.807, 2.05) is 6.92 Å². The van der Waals surface area contributed by atoms with Crippen LogP contribution < -0.4 is 0 Å². The molecule has 0 amide bonds. The number of hydrogen-bond donors (Lipinski definition) is 0. The van der Waals surface area contributed by atoms with E-state index in [1.54, 1.807) is 0 Å². The molecule has 0 spiro atoms. The second-order valence-corrected chi connectivity index (χ2v) is 5.62. The first kappa shape index (κ1) is 12.4. The molecule has 0 N–H and O–H groups in total. The highest BCUT2D eigenvalue weighted by atomic mass is 16.5. The first-order valence-corrected chi connectivity index (χ1v) is 6.90. The molecule has 0 saturated carbocycles. The highest BCUT2D eigenvalue weighted by molar-refractivity contribution is 5.17. The lowest BCUT2D eigenvalue weighted by Crippen LogP contribution is -2.18. The molecule has 1 aliphatic rings. The van der Waals surface area contributed by atoms with Crippen molar-refractivity contribution in [2.75, 3.05) is 13.6 Å². The maximum atomic E-state index is 5.43. The normalized spacial score (nSPS) is 23.9. The molecule has 0 bridgehead atoms.